The van der Waals surface area contributed by atoms with Crippen LogP contribution in [0.15, 0.2) is 0 Å². The number of carbonyl (C=O) groups is 1. The Balaban J connectivity index is 1.92. The van der Waals surface area contributed by atoms with E-state index in [2.05, 4.69) is 48.5 Å². The third-order valence-corrected chi connectivity index (χ3v) is 8.40. The molecule has 0 spiro atoms. The average molecular weight is 335 g/mol. The van der Waals surface area contributed by atoms with Crippen LogP contribution in [0.25, 0.3) is 0 Å². The van der Waals surface area contributed by atoms with Gasteiger partial charge in [-0.1, -0.05) is 41.5 Å². The third kappa shape index (κ3) is 2.46. The molecule has 0 radical (unpaired) electrons. The topological polar surface area (TPSA) is 26.3 Å². The van der Waals surface area contributed by atoms with Crippen LogP contribution in [-0.4, -0.2) is 11.6 Å². The van der Waals surface area contributed by atoms with Gasteiger partial charge in [0.2, 0.25) is 0 Å². The van der Waals surface area contributed by atoms with E-state index in [1.165, 1.54) is 32.1 Å². The fourth-order valence-electron chi connectivity index (χ4n) is 6.40. The molecule has 1 atom stereocenters. The zero-order valence-corrected chi connectivity index (χ0v) is 16.9. The maximum absolute atomic E-state index is 13.4. The molecule has 4 saturated carbocycles. The van der Waals surface area contributed by atoms with Gasteiger partial charge >= 0.3 is 5.97 Å². The van der Waals surface area contributed by atoms with Gasteiger partial charge in [0.05, 0.1) is 5.41 Å². The Morgan fingerprint density at radius 3 is 1.79 bits per heavy atom. The standard InChI is InChI=1S/C22H38O2/c1-8-21(7,20(4,5)6)19(23)24-22(14(2)3)17-10-15-9-16(12-17)13-18(22)11-15/h14-18H,8-13H2,1-7H3. The summed E-state index contributed by atoms with van der Waals surface area (Å²) in [5.41, 5.74) is -0.696. The summed E-state index contributed by atoms with van der Waals surface area (Å²) in [6.45, 7) is 15.3. The molecule has 2 nitrogen and oxygen atoms in total. The Morgan fingerprint density at radius 2 is 1.46 bits per heavy atom. The maximum atomic E-state index is 13.4. The first kappa shape index (κ1) is 18.3. The molecule has 0 aliphatic heterocycles. The molecule has 0 N–H and O–H groups in total. The fourth-order valence-corrected chi connectivity index (χ4v) is 6.40. The minimum atomic E-state index is -0.413. The number of hydrogen-bond donors (Lipinski definition) is 0. The summed E-state index contributed by atoms with van der Waals surface area (Å²) in [4.78, 5) is 13.4. The Morgan fingerprint density at radius 1 is 1.00 bits per heavy atom. The lowest BCUT2D eigenvalue weighted by Gasteiger charge is -2.62. The molecule has 138 valence electrons. The van der Waals surface area contributed by atoms with Crippen molar-refractivity contribution in [1.29, 1.82) is 0 Å². The molecular weight excluding hydrogens is 296 g/mol. The van der Waals surface area contributed by atoms with Crippen molar-refractivity contribution in [2.24, 2.45) is 40.4 Å². The van der Waals surface area contributed by atoms with Crippen LogP contribution in [0.1, 0.15) is 87.0 Å². The molecule has 1 unspecified atom stereocenters. The van der Waals surface area contributed by atoms with Gasteiger partial charge in [-0.05, 0) is 80.5 Å². The number of carbonyl (C=O) groups excluding carboxylic acids is 1. The van der Waals surface area contributed by atoms with E-state index in [4.69, 9.17) is 4.74 Å². The van der Waals surface area contributed by atoms with Crippen LogP contribution in [0, 0.1) is 40.4 Å². The van der Waals surface area contributed by atoms with Crippen LogP contribution in [-0.2, 0) is 9.53 Å². The maximum Gasteiger partial charge on any atom is 0.312 e. The SMILES string of the molecule is CCC(C)(C(=O)OC1(C(C)C)C2CC3CC(C2)CC1C3)C(C)(C)C. The second-order valence-electron chi connectivity index (χ2n) is 10.6. The predicted molar refractivity (Wildman–Crippen MR) is 98.6 cm³/mol. The molecule has 4 aliphatic carbocycles. The zero-order valence-electron chi connectivity index (χ0n) is 16.9. The van der Waals surface area contributed by atoms with Crippen molar-refractivity contribution >= 4 is 5.97 Å². The molecule has 0 aromatic rings. The van der Waals surface area contributed by atoms with Gasteiger partial charge in [0.15, 0.2) is 0 Å². The van der Waals surface area contributed by atoms with Gasteiger partial charge in [0, 0.05) is 0 Å². The van der Waals surface area contributed by atoms with Crippen LogP contribution >= 0.6 is 0 Å². The molecule has 2 heteroatoms. The van der Waals surface area contributed by atoms with E-state index in [1.54, 1.807) is 0 Å². The molecule has 0 heterocycles. The molecule has 0 aromatic carbocycles. The quantitative estimate of drug-likeness (QED) is 0.603. The van der Waals surface area contributed by atoms with E-state index in [1.807, 2.05) is 0 Å². The lowest BCUT2D eigenvalue weighted by molar-refractivity contribution is -0.236. The van der Waals surface area contributed by atoms with Gasteiger partial charge in [-0.2, -0.15) is 0 Å². The lowest BCUT2D eigenvalue weighted by atomic mass is 9.47. The molecule has 0 aromatic heterocycles. The highest BCUT2D eigenvalue weighted by Crippen LogP contribution is 2.62. The third-order valence-electron chi connectivity index (χ3n) is 8.40. The van der Waals surface area contributed by atoms with Crippen molar-refractivity contribution in [3.05, 3.63) is 0 Å². The second kappa shape index (κ2) is 5.74. The molecule has 4 aliphatic rings. The molecular formula is C22H38O2. The van der Waals surface area contributed by atoms with Gasteiger partial charge < -0.3 is 4.74 Å². The first-order valence-electron chi connectivity index (χ1n) is 10.3. The van der Waals surface area contributed by atoms with Crippen LogP contribution in [0.4, 0.5) is 0 Å². The van der Waals surface area contributed by atoms with Crippen LogP contribution in [0.2, 0.25) is 0 Å². The molecule has 0 saturated heterocycles. The second-order valence-corrected chi connectivity index (χ2v) is 10.6. The summed E-state index contributed by atoms with van der Waals surface area (Å²) in [6.07, 6.45) is 7.43. The Labute approximate surface area is 149 Å². The van der Waals surface area contributed by atoms with E-state index in [-0.39, 0.29) is 17.0 Å². The summed E-state index contributed by atoms with van der Waals surface area (Å²) in [5.74, 6) is 3.46. The highest BCUT2D eigenvalue weighted by atomic mass is 16.6. The van der Waals surface area contributed by atoms with Crippen LogP contribution in [0.3, 0.4) is 0 Å². The molecule has 4 rings (SSSR count). The first-order chi connectivity index (χ1) is 11.0. The molecule has 4 bridgehead atoms. The zero-order chi connectivity index (χ0) is 17.9. The fraction of sp³-hybridized carbons (Fsp3) is 0.955. The van der Waals surface area contributed by atoms with E-state index < -0.39 is 5.41 Å². The average Bonchev–Trinajstić information content (AvgIpc) is 2.47. The summed E-state index contributed by atoms with van der Waals surface area (Å²) >= 11 is 0. The van der Waals surface area contributed by atoms with E-state index in [9.17, 15) is 4.79 Å². The van der Waals surface area contributed by atoms with Gasteiger partial charge in [-0.15, -0.1) is 0 Å². The number of ether oxygens (including phenoxy) is 1. The minimum absolute atomic E-state index is 0.0543. The van der Waals surface area contributed by atoms with Crippen molar-refractivity contribution in [1.82, 2.24) is 0 Å². The van der Waals surface area contributed by atoms with E-state index >= 15 is 0 Å². The van der Waals surface area contributed by atoms with Crippen molar-refractivity contribution in [2.75, 3.05) is 0 Å². The van der Waals surface area contributed by atoms with E-state index in [0.717, 1.165) is 18.3 Å². The Hall–Kier alpha value is -0.530. The summed E-state index contributed by atoms with van der Waals surface area (Å²) in [5, 5.41) is 0. The van der Waals surface area contributed by atoms with Crippen molar-refractivity contribution in [3.8, 4) is 0 Å². The van der Waals surface area contributed by atoms with Gasteiger partial charge in [-0.25, -0.2) is 0 Å². The largest absolute Gasteiger partial charge is 0.458 e. The highest BCUT2D eigenvalue weighted by Gasteiger charge is 2.62. The first-order valence-corrected chi connectivity index (χ1v) is 10.3. The number of hydrogen-bond acceptors (Lipinski definition) is 2. The smallest absolute Gasteiger partial charge is 0.312 e. The van der Waals surface area contributed by atoms with Gasteiger partial charge in [0.1, 0.15) is 5.60 Å². The number of esters is 1. The van der Waals surface area contributed by atoms with E-state index in [0.29, 0.717) is 17.8 Å². The summed E-state index contributed by atoms with van der Waals surface area (Å²) in [7, 11) is 0. The number of rotatable bonds is 4. The van der Waals surface area contributed by atoms with Gasteiger partial charge in [0.25, 0.3) is 0 Å². The normalized spacial score (nSPS) is 40.7. The molecule has 0 amide bonds. The predicted octanol–water partition coefficient (Wildman–Crippen LogP) is 5.84. The Kier molecular flexibility index (Phi) is 4.37. The Bertz CT molecular complexity index is 471. The van der Waals surface area contributed by atoms with Crippen molar-refractivity contribution < 1.29 is 9.53 Å². The van der Waals surface area contributed by atoms with Crippen LogP contribution < -0.4 is 0 Å². The summed E-state index contributed by atoms with van der Waals surface area (Å²) in [6, 6.07) is 0. The lowest BCUT2D eigenvalue weighted by Crippen LogP contribution is -2.63. The van der Waals surface area contributed by atoms with Crippen molar-refractivity contribution in [3.63, 3.8) is 0 Å². The summed E-state index contributed by atoms with van der Waals surface area (Å²) < 4.78 is 6.62. The molecule has 24 heavy (non-hydrogen) atoms. The van der Waals surface area contributed by atoms with Gasteiger partial charge in [-0.3, -0.25) is 4.79 Å². The monoisotopic (exact) mass is 334 g/mol. The molecule has 4 fully saturated rings. The minimum Gasteiger partial charge on any atom is -0.458 e. The highest BCUT2D eigenvalue weighted by molar-refractivity contribution is 5.78. The van der Waals surface area contributed by atoms with Crippen molar-refractivity contribution in [2.45, 2.75) is 92.6 Å². The van der Waals surface area contributed by atoms with Crippen LogP contribution in [0.5, 0.6) is 0 Å².